The Bertz CT molecular complexity index is 358. The highest BCUT2D eigenvalue weighted by Gasteiger charge is 2.26. The Hall–Kier alpha value is -1.43. The van der Waals surface area contributed by atoms with Gasteiger partial charge in [-0.3, -0.25) is 25.0 Å². The lowest BCUT2D eigenvalue weighted by Crippen LogP contribution is -2.62. The largest absolute Gasteiger partial charge is 0.332 e. The van der Waals surface area contributed by atoms with Gasteiger partial charge in [-0.1, -0.05) is 51.9 Å². The van der Waals surface area contributed by atoms with Gasteiger partial charge in [0.15, 0.2) is 6.17 Å². The number of nitrogens with one attached hydrogen (secondary N) is 3. The molecule has 1 atom stereocenters. The van der Waals surface area contributed by atoms with Crippen molar-refractivity contribution in [3.63, 3.8) is 0 Å². The Balaban J connectivity index is 2.01. The molecule has 1 saturated heterocycles. The highest BCUT2D eigenvalue weighted by molar-refractivity contribution is 6.02. The molecule has 0 bridgehead atoms. The number of piperazine rings is 1. The number of imide groups is 1. The number of carbonyl (C=O) groups excluding carboxylic acids is 3. The van der Waals surface area contributed by atoms with Crippen molar-refractivity contribution in [2.45, 2.75) is 70.9 Å². The molecule has 0 aliphatic carbocycles. The van der Waals surface area contributed by atoms with Gasteiger partial charge in [-0.2, -0.15) is 0 Å². The number of unbranched alkanes of at least 4 members (excludes halogenated alkanes) is 7. The van der Waals surface area contributed by atoms with Crippen LogP contribution in [0.1, 0.15) is 64.7 Å². The first-order valence-electron chi connectivity index (χ1n) is 8.00. The molecule has 120 valence electrons. The van der Waals surface area contributed by atoms with E-state index in [9.17, 15) is 14.4 Å². The van der Waals surface area contributed by atoms with Crippen molar-refractivity contribution in [2.24, 2.45) is 0 Å². The summed E-state index contributed by atoms with van der Waals surface area (Å²) in [6.07, 6.45) is 9.06. The van der Waals surface area contributed by atoms with Crippen LogP contribution in [0.5, 0.6) is 0 Å². The third kappa shape index (κ3) is 7.80. The maximum atomic E-state index is 11.7. The SMILES string of the molecule is CCCCCCCCCCC(=O)N[C@@H]1NCC(=O)NC1=O. The Kier molecular flexibility index (Phi) is 8.66. The average molecular weight is 297 g/mol. The van der Waals surface area contributed by atoms with Crippen molar-refractivity contribution in [2.75, 3.05) is 6.54 Å². The zero-order chi connectivity index (χ0) is 15.5. The Labute approximate surface area is 126 Å². The maximum Gasteiger partial charge on any atom is 0.264 e. The van der Waals surface area contributed by atoms with E-state index in [-0.39, 0.29) is 18.4 Å². The van der Waals surface area contributed by atoms with E-state index < -0.39 is 12.1 Å². The van der Waals surface area contributed by atoms with Crippen LogP contribution in [-0.2, 0) is 14.4 Å². The van der Waals surface area contributed by atoms with Crippen LogP contribution in [0, 0.1) is 0 Å². The van der Waals surface area contributed by atoms with Crippen LogP contribution in [0.3, 0.4) is 0 Å². The molecule has 3 N–H and O–H groups in total. The second-order valence-electron chi connectivity index (χ2n) is 5.52. The van der Waals surface area contributed by atoms with Gasteiger partial charge in [0, 0.05) is 6.42 Å². The third-order valence-electron chi connectivity index (χ3n) is 3.55. The van der Waals surface area contributed by atoms with Gasteiger partial charge in [-0.05, 0) is 6.42 Å². The van der Waals surface area contributed by atoms with E-state index in [1.165, 1.54) is 32.1 Å². The minimum atomic E-state index is -0.788. The molecule has 1 fully saturated rings. The van der Waals surface area contributed by atoms with Crippen LogP contribution >= 0.6 is 0 Å². The minimum absolute atomic E-state index is 0.0500. The summed E-state index contributed by atoms with van der Waals surface area (Å²) >= 11 is 0. The molecule has 1 rings (SSSR count). The summed E-state index contributed by atoms with van der Waals surface area (Å²) in [6, 6.07) is 0. The average Bonchev–Trinajstić information content (AvgIpc) is 2.45. The van der Waals surface area contributed by atoms with Crippen molar-refractivity contribution in [1.29, 1.82) is 0 Å². The van der Waals surface area contributed by atoms with Crippen molar-refractivity contribution in [3.05, 3.63) is 0 Å². The van der Waals surface area contributed by atoms with E-state index in [1.54, 1.807) is 0 Å². The molecule has 0 aromatic carbocycles. The molecule has 6 heteroatoms. The quantitative estimate of drug-likeness (QED) is 0.418. The second kappa shape index (κ2) is 10.3. The predicted octanol–water partition coefficient (Wildman–Crippen LogP) is 1.21. The van der Waals surface area contributed by atoms with Gasteiger partial charge >= 0.3 is 0 Å². The maximum absolute atomic E-state index is 11.7. The van der Waals surface area contributed by atoms with Gasteiger partial charge in [0.25, 0.3) is 5.91 Å². The van der Waals surface area contributed by atoms with Gasteiger partial charge in [0.05, 0.1) is 6.54 Å². The second-order valence-corrected chi connectivity index (χ2v) is 5.52. The third-order valence-corrected chi connectivity index (χ3v) is 3.55. The molecule has 1 aliphatic heterocycles. The summed E-state index contributed by atoms with van der Waals surface area (Å²) in [7, 11) is 0. The number of hydrogen-bond acceptors (Lipinski definition) is 4. The highest BCUT2D eigenvalue weighted by Crippen LogP contribution is 2.09. The lowest BCUT2D eigenvalue weighted by atomic mass is 10.1. The first-order valence-corrected chi connectivity index (χ1v) is 8.00. The standard InChI is InChI=1S/C15H27N3O3/c1-2-3-4-5-6-7-8-9-10-12(19)17-14-15(21)18-13(20)11-16-14/h14,16H,2-11H2,1H3,(H,17,19)(H,18,20,21)/t14-/m0/s1. The molecule has 21 heavy (non-hydrogen) atoms. The first kappa shape index (κ1) is 17.6. The van der Waals surface area contributed by atoms with Crippen LogP contribution in [0.15, 0.2) is 0 Å². The van der Waals surface area contributed by atoms with Gasteiger partial charge in [-0.25, -0.2) is 0 Å². The van der Waals surface area contributed by atoms with Crippen LogP contribution in [-0.4, -0.2) is 30.4 Å². The van der Waals surface area contributed by atoms with Crippen molar-refractivity contribution < 1.29 is 14.4 Å². The van der Waals surface area contributed by atoms with Gasteiger partial charge in [0.2, 0.25) is 11.8 Å². The number of hydrogen-bond donors (Lipinski definition) is 3. The summed E-state index contributed by atoms with van der Waals surface area (Å²) in [5.41, 5.74) is 0. The van der Waals surface area contributed by atoms with Crippen molar-refractivity contribution in [1.82, 2.24) is 16.0 Å². The normalized spacial score (nSPS) is 18.4. The molecule has 1 heterocycles. The molecule has 6 nitrogen and oxygen atoms in total. The minimum Gasteiger partial charge on any atom is -0.332 e. The van der Waals surface area contributed by atoms with E-state index in [0.717, 1.165) is 19.3 Å². The molecular weight excluding hydrogens is 270 g/mol. The number of amides is 3. The lowest BCUT2D eigenvalue weighted by Gasteiger charge is -2.23. The van der Waals surface area contributed by atoms with E-state index in [2.05, 4.69) is 22.9 Å². The fourth-order valence-electron chi connectivity index (χ4n) is 2.31. The topological polar surface area (TPSA) is 87.3 Å². The van der Waals surface area contributed by atoms with Gasteiger partial charge in [-0.15, -0.1) is 0 Å². The van der Waals surface area contributed by atoms with Crippen LogP contribution in [0.2, 0.25) is 0 Å². The molecule has 0 unspecified atom stereocenters. The van der Waals surface area contributed by atoms with Crippen LogP contribution < -0.4 is 16.0 Å². The highest BCUT2D eigenvalue weighted by atomic mass is 16.2. The fourth-order valence-corrected chi connectivity index (χ4v) is 2.31. The first-order chi connectivity index (χ1) is 10.1. The number of rotatable bonds is 10. The summed E-state index contributed by atoms with van der Waals surface area (Å²) < 4.78 is 0. The Morgan fingerprint density at radius 3 is 2.33 bits per heavy atom. The summed E-state index contributed by atoms with van der Waals surface area (Å²) in [5, 5.41) is 7.46. The molecule has 1 aliphatic rings. The van der Waals surface area contributed by atoms with Crippen LogP contribution in [0.25, 0.3) is 0 Å². The van der Waals surface area contributed by atoms with Crippen LogP contribution in [0.4, 0.5) is 0 Å². The van der Waals surface area contributed by atoms with E-state index in [0.29, 0.717) is 6.42 Å². The summed E-state index contributed by atoms with van der Waals surface area (Å²) in [5.74, 6) is -1.01. The molecule has 0 aromatic heterocycles. The molecule has 0 saturated carbocycles. The van der Waals surface area contributed by atoms with Gasteiger partial charge < -0.3 is 5.32 Å². The van der Waals surface area contributed by atoms with Gasteiger partial charge in [0.1, 0.15) is 0 Å². The van der Waals surface area contributed by atoms with E-state index >= 15 is 0 Å². The monoisotopic (exact) mass is 297 g/mol. The smallest absolute Gasteiger partial charge is 0.264 e. The molecule has 3 amide bonds. The zero-order valence-electron chi connectivity index (χ0n) is 12.9. The van der Waals surface area contributed by atoms with Crippen molar-refractivity contribution >= 4 is 17.7 Å². The molecular formula is C15H27N3O3. The zero-order valence-corrected chi connectivity index (χ0v) is 12.9. The predicted molar refractivity (Wildman–Crippen MR) is 80.3 cm³/mol. The molecule has 0 aromatic rings. The van der Waals surface area contributed by atoms with Crippen molar-refractivity contribution in [3.8, 4) is 0 Å². The number of carbonyl (C=O) groups is 3. The summed E-state index contributed by atoms with van der Waals surface area (Å²) in [6.45, 7) is 2.25. The lowest BCUT2D eigenvalue weighted by molar-refractivity contribution is -0.137. The molecule has 0 spiro atoms. The summed E-state index contributed by atoms with van der Waals surface area (Å²) in [4.78, 5) is 34.1. The fraction of sp³-hybridized carbons (Fsp3) is 0.800. The van der Waals surface area contributed by atoms with E-state index in [4.69, 9.17) is 0 Å². The molecule has 0 radical (unpaired) electrons. The Morgan fingerprint density at radius 1 is 1.10 bits per heavy atom. The van der Waals surface area contributed by atoms with E-state index in [1.807, 2.05) is 0 Å². The Morgan fingerprint density at radius 2 is 1.71 bits per heavy atom.